The number of methoxy groups -OCH3 is 1. The van der Waals surface area contributed by atoms with Crippen molar-refractivity contribution >= 4 is 11.5 Å². The van der Waals surface area contributed by atoms with Gasteiger partial charge in [0.15, 0.2) is 0 Å². The molecule has 3 heterocycles. The molecule has 1 N–H and O–H groups in total. The Balaban J connectivity index is 1.23. The van der Waals surface area contributed by atoms with E-state index < -0.39 is 0 Å². The van der Waals surface area contributed by atoms with Crippen LogP contribution in [0.2, 0.25) is 0 Å². The zero-order chi connectivity index (χ0) is 24.5. The lowest BCUT2D eigenvalue weighted by Crippen LogP contribution is -2.53. The highest BCUT2D eigenvalue weighted by molar-refractivity contribution is 5.79. The minimum absolute atomic E-state index is 0.153. The number of carbonyl (C=O) groups excluding carboxylic acids is 1. The summed E-state index contributed by atoms with van der Waals surface area (Å²) in [5.74, 6) is 1.56. The predicted molar refractivity (Wildman–Crippen MR) is 142 cm³/mol. The summed E-state index contributed by atoms with van der Waals surface area (Å²) in [6.07, 6.45) is 10.4. The molecule has 0 bridgehead atoms. The zero-order valence-corrected chi connectivity index (χ0v) is 21.1. The van der Waals surface area contributed by atoms with Crippen molar-refractivity contribution in [1.82, 2.24) is 20.0 Å². The van der Waals surface area contributed by atoms with E-state index in [1.807, 2.05) is 6.07 Å². The fourth-order valence-electron chi connectivity index (χ4n) is 5.97. The molecule has 1 aliphatic carbocycles. The number of benzene rings is 2. The summed E-state index contributed by atoms with van der Waals surface area (Å²) in [6.45, 7) is 4.50. The van der Waals surface area contributed by atoms with Gasteiger partial charge in [0.1, 0.15) is 5.75 Å². The highest BCUT2D eigenvalue weighted by atomic mass is 16.5. The van der Waals surface area contributed by atoms with Crippen molar-refractivity contribution in [2.24, 2.45) is 5.92 Å². The summed E-state index contributed by atoms with van der Waals surface area (Å²) in [5, 5.41) is 3.88. The van der Waals surface area contributed by atoms with Gasteiger partial charge in [-0.2, -0.15) is 0 Å². The maximum atomic E-state index is 12.7. The van der Waals surface area contributed by atoms with Gasteiger partial charge in [-0.1, -0.05) is 55.0 Å². The molecule has 188 valence electrons. The Morgan fingerprint density at radius 2 is 1.83 bits per heavy atom. The Morgan fingerprint density at radius 3 is 2.56 bits per heavy atom. The van der Waals surface area contributed by atoms with Crippen LogP contribution in [-0.2, 0) is 4.79 Å². The van der Waals surface area contributed by atoms with Crippen LogP contribution in [0.5, 0.6) is 5.75 Å². The van der Waals surface area contributed by atoms with E-state index in [1.165, 1.54) is 23.1 Å². The summed E-state index contributed by atoms with van der Waals surface area (Å²) in [4.78, 5) is 19.9. The van der Waals surface area contributed by atoms with Gasteiger partial charge in [0, 0.05) is 44.8 Å². The van der Waals surface area contributed by atoms with Crippen molar-refractivity contribution in [2.45, 2.75) is 37.5 Å². The molecule has 1 saturated carbocycles. The third-order valence-electron chi connectivity index (χ3n) is 8.33. The van der Waals surface area contributed by atoms with Gasteiger partial charge >= 0.3 is 0 Å². The molecule has 0 spiro atoms. The number of allylic oxidation sites excluding steroid dienone is 2. The minimum atomic E-state index is 0.153. The van der Waals surface area contributed by atoms with E-state index in [2.05, 4.69) is 86.9 Å². The second-order valence-electron chi connectivity index (χ2n) is 10.4. The van der Waals surface area contributed by atoms with E-state index >= 15 is 0 Å². The first-order valence-electron chi connectivity index (χ1n) is 13.3. The van der Waals surface area contributed by atoms with E-state index in [-0.39, 0.29) is 24.2 Å². The fraction of sp³-hybridized carbons (Fsp3) is 0.433. The van der Waals surface area contributed by atoms with E-state index in [9.17, 15) is 4.79 Å². The molecular weight excluding hydrogens is 448 g/mol. The largest absolute Gasteiger partial charge is 0.497 e. The summed E-state index contributed by atoms with van der Waals surface area (Å²) >= 11 is 0. The molecular formula is C30H36N4O2. The van der Waals surface area contributed by atoms with E-state index in [0.717, 1.165) is 51.3 Å². The lowest BCUT2D eigenvalue weighted by molar-refractivity contribution is -0.140. The molecule has 1 amide bonds. The summed E-state index contributed by atoms with van der Waals surface area (Å²) < 4.78 is 5.55. The van der Waals surface area contributed by atoms with Crippen LogP contribution in [0.1, 0.15) is 36.4 Å². The molecule has 6 rings (SSSR count). The predicted octanol–water partition coefficient (Wildman–Crippen LogP) is 3.89. The van der Waals surface area contributed by atoms with Crippen LogP contribution in [0.15, 0.2) is 72.9 Å². The monoisotopic (exact) mass is 484 g/mol. The maximum Gasteiger partial charge on any atom is 0.225 e. The number of nitrogens with zero attached hydrogens (tertiary/aromatic N) is 3. The van der Waals surface area contributed by atoms with Crippen molar-refractivity contribution in [3.63, 3.8) is 0 Å². The molecule has 2 aromatic rings. The van der Waals surface area contributed by atoms with Crippen LogP contribution in [-0.4, -0.2) is 72.6 Å². The third kappa shape index (κ3) is 4.56. The molecule has 3 unspecified atom stereocenters. The summed E-state index contributed by atoms with van der Waals surface area (Å²) in [7, 11) is 1.73. The number of ether oxygens (including phenoxy) is 1. The highest BCUT2D eigenvalue weighted by Crippen LogP contribution is 2.36. The Labute approximate surface area is 214 Å². The summed E-state index contributed by atoms with van der Waals surface area (Å²) in [6, 6.07) is 19.5. The van der Waals surface area contributed by atoms with Crippen molar-refractivity contribution in [1.29, 1.82) is 0 Å². The van der Waals surface area contributed by atoms with Gasteiger partial charge < -0.3 is 14.5 Å². The molecule has 0 radical (unpaired) electrons. The molecule has 4 aliphatic rings. The Bertz CT molecular complexity index is 1130. The SMILES string of the molecule is COc1cccc(C2NC3C=CC(c4ccccc4)=CN3C2CN2CCN(C(=O)C3CCC3)CC2)c1. The van der Waals surface area contributed by atoms with Crippen molar-refractivity contribution < 1.29 is 9.53 Å². The van der Waals surface area contributed by atoms with Crippen LogP contribution in [0.25, 0.3) is 5.57 Å². The van der Waals surface area contributed by atoms with Crippen LogP contribution in [0.3, 0.4) is 0 Å². The van der Waals surface area contributed by atoms with Crippen molar-refractivity contribution in [3.05, 3.63) is 84.1 Å². The third-order valence-corrected chi connectivity index (χ3v) is 8.33. The molecule has 2 aromatic carbocycles. The molecule has 2 saturated heterocycles. The molecule has 36 heavy (non-hydrogen) atoms. The van der Waals surface area contributed by atoms with E-state index in [0.29, 0.717) is 5.91 Å². The molecule has 3 atom stereocenters. The smallest absolute Gasteiger partial charge is 0.225 e. The quantitative estimate of drug-likeness (QED) is 0.674. The van der Waals surface area contributed by atoms with Crippen LogP contribution in [0, 0.1) is 5.92 Å². The molecule has 3 fully saturated rings. The number of fused-ring (bicyclic) bond motifs is 1. The van der Waals surface area contributed by atoms with Crippen molar-refractivity contribution in [2.75, 3.05) is 39.8 Å². The van der Waals surface area contributed by atoms with Gasteiger partial charge in [-0.05, 0) is 47.8 Å². The number of piperazine rings is 1. The first-order chi connectivity index (χ1) is 17.7. The van der Waals surface area contributed by atoms with Gasteiger partial charge in [0.05, 0.1) is 25.4 Å². The van der Waals surface area contributed by atoms with Gasteiger partial charge in [0.2, 0.25) is 5.91 Å². The zero-order valence-electron chi connectivity index (χ0n) is 21.1. The second-order valence-corrected chi connectivity index (χ2v) is 10.4. The number of carbonyl (C=O) groups is 1. The fourth-order valence-corrected chi connectivity index (χ4v) is 5.97. The highest BCUT2D eigenvalue weighted by Gasteiger charge is 2.41. The standard InChI is InChI=1S/C30H36N4O2/c1-36-26-12-6-11-24(19-26)29-27(21-32-15-17-33(18-16-32)30(35)23-9-5-10-23)34-20-25(13-14-28(34)31-29)22-7-3-2-4-8-22/h2-4,6-8,11-14,19-20,23,27-29,31H,5,9-10,15-18,21H2,1H3. The maximum absolute atomic E-state index is 12.7. The van der Waals surface area contributed by atoms with E-state index in [1.54, 1.807) is 7.11 Å². The first kappa shape index (κ1) is 23.3. The minimum Gasteiger partial charge on any atom is -0.497 e. The Kier molecular flexibility index (Phi) is 6.55. The average Bonchev–Trinajstić information content (AvgIpc) is 3.26. The number of nitrogens with one attached hydrogen (secondary N) is 1. The second kappa shape index (κ2) is 10.1. The van der Waals surface area contributed by atoms with Crippen molar-refractivity contribution in [3.8, 4) is 5.75 Å². The lowest BCUT2D eigenvalue weighted by atomic mass is 9.84. The molecule has 6 heteroatoms. The van der Waals surface area contributed by atoms with E-state index in [4.69, 9.17) is 4.74 Å². The molecule has 6 nitrogen and oxygen atoms in total. The first-order valence-corrected chi connectivity index (χ1v) is 13.3. The Morgan fingerprint density at radius 1 is 1.03 bits per heavy atom. The number of hydrogen-bond donors (Lipinski definition) is 1. The molecule has 0 aromatic heterocycles. The van der Waals surface area contributed by atoms with Gasteiger partial charge in [-0.15, -0.1) is 0 Å². The number of rotatable bonds is 6. The summed E-state index contributed by atoms with van der Waals surface area (Å²) in [5.41, 5.74) is 3.72. The average molecular weight is 485 g/mol. The number of hydrogen-bond acceptors (Lipinski definition) is 5. The van der Waals surface area contributed by atoms with Gasteiger partial charge in [0.25, 0.3) is 0 Å². The normalized spacial score (nSPS) is 26.4. The number of amides is 1. The topological polar surface area (TPSA) is 48.1 Å². The Hall–Kier alpha value is -3.09. The van der Waals surface area contributed by atoms with Crippen LogP contribution < -0.4 is 10.1 Å². The lowest BCUT2D eigenvalue weighted by Gasteiger charge is -2.41. The van der Waals surface area contributed by atoms with Gasteiger partial charge in [-0.25, -0.2) is 0 Å². The van der Waals surface area contributed by atoms with Crippen LogP contribution in [0.4, 0.5) is 0 Å². The van der Waals surface area contributed by atoms with Crippen LogP contribution >= 0.6 is 0 Å². The van der Waals surface area contributed by atoms with Gasteiger partial charge in [-0.3, -0.25) is 15.0 Å². The molecule has 3 aliphatic heterocycles.